The zero-order valence-corrected chi connectivity index (χ0v) is 15.0. The van der Waals surface area contributed by atoms with Crippen molar-refractivity contribution in [3.05, 3.63) is 89.3 Å². The van der Waals surface area contributed by atoms with Crippen molar-refractivity contribution in [1.82, 2.24) is 0 Å². The van der Waals surface area contributed by atoms with Gasteiger partial charge in [0.1, 0.15) is 5.75 Å². The Morgan fingerprint density at radius 2 is 1.58 bits per heavy atom. The van der Waals surface area contributed by atoms with Crippen LogP contribution >= 0.6 is 10.8 Å². The summed E-state index contributed by atoms with van der Waals surface area (Å²) in [6.07, 6.45) is 0. The maximum absolute atomic E-state index is 13.2. The molecule has 0 saturated carbocycles. The molecule has 0 fully saturated rings. The predicted octanol–water partition coefficient (Wildman–Crippen LogP) is 5.47. The number of thiophene rings is 1. The molecule has 4 heteroatoms. The van der Waals surface area contributed by atoms with E-state index in [1.807, 2.05) is 60.7 Å². The van der Waals surface area contributed by atoms with Gasteiger partial charge in [0, 0.05) is 17.0 Å². The van der Waals surface area contributed by atoms with Crippen molar-refractivity contribution in [3.8, 4) is 16.9 Å². The molecular formula is C22H16O3S. The molecule has 0 aliphatic rings. The van der Waals surface area contributed by atoms with E-state index in [9.17, 15) is 9.35 Å². The Labute approximate surface area is 154 Å². The van der Waals surface area contributed by atoms with E-state index in [0.717, 1.165) is 16.5 Å². The van der Waals surface area contributed by atoms with Crippen molar-refractivity contribution >= 4 is 26.6 Å². The van der Waals surface area contributed by atoms with E-state index in [4.69, 9.17) is 4.74 Å². The van der Waals surface area contributed by atoms with Crippen LogP contribution in [0.5, 0.6) is 5.75 Å². The predicted molar refractivity (Wildman–Crippen MR) is 104 cm³/mol. The Morgan fingerprint density at radius 1 is 0.923 bits per heavy atom. The number of ketones is 1. The topological polar surface area (TPSA) is 49.4 Å². The molecule has 0 saturated heterocycles. The minimum absolute atomic E-state index is 0.210. The van der Waals surface area contributed by atoms with Gasteiger partial charge in [0.2, 0.25) is 10.7 Å². The fourth-order valence-electron chi connectivity index (χ4n) is 3.12. The molecule has 0 aliphatic carbocycles. The number of fused-ring (bicyclic) bond motifs is 1. The molecule has 4 aromatic rings. The van der Waals surface area contributed by atoms with Crippen LogP contribution in [0.25, 0.3) is 21.2 Å². The van der Waals surface area contributed by atoms with Crippen molar-refractivity contribution in [2.75, 3.05) is 7.11 Å². The molecule has 128 valence electrons. The van der Waals surface area contributed by atoms with E-state index in [1.165, 1.54) is 0 Å². The summed E-state index contributed by atoms with van der Waals surface area (Å²) in [7, 11) is 0.0121. The number of ether oxygens (including phenoxy) is 1. The molecule has 26 heavy (non-hydrogen) atoms. The lowest BCUT2D eigenvalue weighted by Gasteiger charge is -2.03. The van der Waals surface area contributed by atoms with E-state index in [2.05, 4.69) is 0 Å². The van der Waals surface area contributed by atoms with Crippen LogP contribution in [0.2, 0.25) is 0 Å². The highest BCUT2D eigenvalue weighted by Crippen LogP contribution is 2.46. The lowest BCUT2D eigenvalue weighted by atomic mass is 9.98. The number of hydrogen-bond acceptors (Lipinski definition) is 3. The van der Waals surface area contributed by atoms with Crippen molar-refractivity contribution in [1.29, 1.82) is 0 Å². The smallest absolute Gasteiger partial charge is 0.245 e. The second-order valence-corrected chi connectivity index (χ2v) is 7.28. The molecule has 1 heterocycles. The number of carbonyl (C=O) groups is 1. The van der Waals surface area contributed by atoms with E-state index in [1.54, 1.807) is 25.3 Å². The fourth-order valence-corrected chi connectivity index (χ4v) is 4.64. The van der Waals surface area contributed by atoms with Gasteiger partial charge in [-0.15, -0.1) is 0 Å². The molecule has 0 amide bonds. The van der Waals surface area contributed by atoms with E-state index in [-0.39, 0.29) is 5.78 Å². The molecule has 3 aromatic carbocycles. The van der Waals surface area contributed by atoms with Crippen LogP contribution < -0.4 is 4.74 Å². The summed E-state index contributed by atoms with van der Waals surface area (Å²) in [6, 6.07) is 24.0. The first kappa shape index (κ1) is 16.5. The molecule has 1 unspecified atom stereocenters. The second-order valence-electron chi connectivity index (χ2n) is 5.90. The maximum atomic E-state index is 13.2. The van der Waals surface area contributed by atoms with Gasteiger partial charge in [-0.1, -0.05) is 60.7 Å². The highest BCUT2D eigenvalue weighted by atomic mass is 32.2. The first-order chi connectivity index (χ1) is 12.7. The summed E-state index contributed by atoms with van der Waals surface area (Å²) in [5.41, 5.74) is 2.14. The van der Waals surface area contributed by atoms with Gasteiger partial charge in [-0.05, 0) is 28.4 Å². The van der Waals surface area contributed by atoms with Gasteiger partial charge in [0.05, 0.1) is 12.7 Å². The lowest BCUT2D eigenvalue weighted by Crippen LogP contribution is -2.01. The minimum atomic E-state index is -1.56. The van der Waals surface area contributed by atoms with Crippen LogP contribution in [-0.2, 0) is 0 Å². The van der Waals surface area contributed by atoms with Crippen molar-refractivity contribution < 1.29 is 14.1 Å². The number of rotatable bonds is 4. The van der Waals surface area contributed by atoms with E-state index in [0.29, 0.717) is 20.9 Å². The molecule has 1 aromatic heterocycles. The monoisotopic (exact) mass is 360 g/mol. The normalized spacial score (nSPS) is 11.5. The van der Waals surface area contributed by atoms with Crippen LogP contribution in [0, 0.1) is 0 Å². The molecule has 0 N–H and O–H groups in total. The van der Waals surface area contributed by atoms with Crippen LogP contribution in [0.4, 0.5) is 0 Å². The molecule has 0 spiro atoms. The summed E-state index contributed by atoms with van der Waals surface area (Å²) in [5, 5.41) is 0.814. The summed E-state index contributed by atoms with van der Waals surface area (Å²) in [6.45, 7) is 0. The van der Waals surface area contributed by atoms with Gasteiger partial charge in [-0.25, -0.2) is 0 Å². The molecule has 0 aliphatic heterocycles. The van der Waals surface area contributed by atoms with Crippen molar-refractivity contribution in [3.63, 3.8) is 0 Å². The van der Waals surface area contributed by atoms with E-state index >= 15 is 0 Å². The Kier molecular flexibility index (Phi) is 4.29. The van der Waals surface area contributed by atoms with Crippen LogP contribution in [0.15, 0.2) is 78.9 Å². The molecule has 3 nitrogen and oxygen atoms in total. The summed E-state index contributed by atoms with van der Waals surface area (Å²) in [5.74, 6) is 0.413. The average molecular weight is 360 g/mol. The van der Waals surface area contributed by atoms with Gasteiger partial charge in [-0.2, -0.15) is 0 Å². The molecule has 0 bridgehead atoms. The number of benzene rings is 3. The van der Waals surface area contributed by atoms with Crippen molar-refractivity contribution in [2.45, 2.75) is 0 Å². The lowest BCUT2D eigenvalue weighted by molar-refractivity contribution is 0.104. The highest BCUT2D eigenvalue weighted by molar-refractivity contribution is 7.33. The van der Waals surface area contributed by atoms with Gasteiger partial charge in [-0.3, -0.25) is 4.79 Å². The Bertz CT molecular complexity index is 1080. The third-order valence-electron chi connectivity index (χ3n) is 4.37. The first-order valence-electron chi connectivity index (χ1n) is 8.20. The molecule has 0 radical (unpaired) electrons. The number of methoxy groups -OCH3 is 1. The third-order valence-corrected chi connectivity index (χ3v) is 5.87. The SMILES string of the molecule is COc1ccc2c(-c3ccccc3)c(C(=O)c3ccccc3)[s+]([O-])c2c1. The Hall–Kier alpha value is -2.95. The maximum Gasteiger partial charge on any atom is 0.245 e. The van der Waals surface area contributed by atoms with Crippen molar-refractivity contribution in [2.24, 2.45) is 0 Å². The Morgan fingerprint density at radius 3 is 2.23 bits per heavy atom. The minimum Gasteiger partial charge on any atom is -0.590 e. The van der Waals surface area contributed by atoms with Gasteiger partial charge < -0.3 is 9.29 Å². The van der Waals surface area contributed by atoms with Crippen LogP contribution in [0.3, 0.4) is 0 Å². The van der Waals surface area contributed by atoms with E-state index < -0.39 is 10.8 Å². The fraction of sp³-hybridized carbons (Fsp3) is 0.0455. The standard InChI is InChI=1S/C22H16O3S/c1-25-17-12-13-18-19(14-17)26(24)22(20(18)15-8-4-2-5-9-15)21(23)16-10-6-3-7-11-16/h2-14H,1H3. The molecule has 1 atom stereocenters. The number of carbonyl (C=O) groups excluding carboxylic acids is 1. The zero-order chi connectivity index (χ0) is 18.1. The van der Waals surface area contributed by atoms with Crippen LogP contribution in [-0.4, -0.2) is 17.4 Å². The second kappa shape index (κ2) is 6.75. The number of hydrogen-bond donors (Lipinski definition) is 0. The van der Waals surface area contributed by atoms with Crippen LogP contribution in [0.1, 0.15) is 15.2 Å². The quantitative estimate of drug-likeness (QED) is 0.358. The third kappa shape index (κ3) is 2.69. The van der Waals surface area contributed by atoms with Gasteiger partial charge in [0.25, 0.3) is 0 Å². The summed E-state index contributed by atoms with van der Waals surface area (Å²) in [4.78, 5) is 13.5. The summed E-state index contributed by atoms with van der Waals surface area (Å²) < 4.78 is 19.1. The molecule has 4 rings (SSSR count). The Balaban J connectivity index is 2.05. The average Bonchev–Trinajstić information content (AvgIpc) is 3.00. The zero-order valence-electron chi connectivity index (χ0n) is 14.1. The first-order valence-corrected chi connectivity index (χ1v) is 9.35. The largest absolute Gasteiger partial charge is 0.590 e. The summed E-state index contributed by atoms with van der Waals surface area (Å²) >= 11 is 0. The molecular weight excluding hydrogens is 344 g/mol. The highest BCUT2D eigenvalue weighted by Gasteiger charge is 2.30. The van der Waals surface area contributed by atoms with Gasteiger partial charge in [0.15, 0.2) is 4.70 Å². The van der Waals surface area contributed by atoms with Gasteiger partial charge >= 0.3 is 0 Å².